The fourth-order valence-electron chi connectivity index (χ4n) is 5.30. The number of H-pyrrole nitrogens is 1. The molecule has 0 radical (unpaired) electrons. The zero-order chi connectivity index (χ0) is 33.2. The fourth-order valence-corrected chi connectivity index (χ4v) is 5.30. The monoisotopic (exact) mass is 627 g/mol. The number of fused-ring (bicyclic) bond motifs is 1. The third-order valence-electron chi connectivity index (χ3n) is 7.68. The van der Waals surface area contributed by atoms with Gasteiger partial charge in [0.1, 0.15) is 17.3 Å². The van der Waals surface area contributed by atoms with Crippen LogP contribution in [0.2, 0.25) is 0 Å². The lowest BCUT2D eigenvalue weighted by Gasteiger charge is -2.18. The topological polar surface area (TPSA) is 104 Å². The minimum absolute atomic E-state index is 0.0541. The van der Waals surface area contributed by atoms with Gasteiger partial charge in [-0.1, -0.05) is 42.0 Å². The van der Waals surface area contributed by atoms with Gasteiger partial charge in [-0.15, -0.1) is 0 Å². The summed E-state index contributed by atoms with van der Waals surface area (Å²) < 4.78 is 48.8. The van der Waals surface area contributed by atoms with Gasteiger partial charge in [0.05, 0.1) is 35.8 Å². The Balaban J connectivity index is 1.55. The van der Waals surface area contributed by atoms with E-state index < -0.39 is 28.8 Å². The van der Waals surface area contributed by atoms with Gasteiger partial charge in [0.15, 0.2) is 0 Å². The van der Waals surface area contributed by atoms with E-state index in [0.717, 1.165) is 34.7 Å². The van der Waals surface area contributed by atoms with Crippen molar-refractivity contribution in [1.29, 1.82) is 5.26 Å². The molecule has 0 aliphatic carbocycles. The minimum Gasteiger partial charge on any atom is -0.461 e. The third-order valence-corrected chi connectivity index (χ3v) is 7.68. The molecule has 0 fully saturated rings. The Morgan fingerprint density at radius 1 is 1.04 bits per heavy atom. The normalized spacial score (nSPS) is 11.6. The molecule has 0 aliphatic rings. The first-order valence-corrected chi connectivity index (χ1v) is 14.6. The molecule has 5 rings (SSSR count). The summed E-state index contributed by atoms with van der Waals surface area (Å²) in [6.07, 6.45) is -4.23. The number of pyridine rings is 2. The number of halogens is 3. The van der Waals surface area contributed by atoms with Crippen LogP contribution >= 0.6 is 0 Å². The minimum atomic E-state index is -4.93. The molecule has 3 aromatic heterocycles. The molecular weight excluding hydrogens is 595 g/mol. The molecule has 0 bridgehead atoms. The number of nitrogens with one attached hydrogen (secondary N) is 1. The first-order valence-electron chi connectivity index (χ1n) is 14.6. The van der Waals surface area contributed by atoms with E-state index in [1.807, 2.05) is 51.0 Å². The van der Waals surface area contributed by atoms with Crippen LogP contribution in [-0.4, -0.2) is 52.7 Å². The van der Waals surface area contributed by atoms with Gasteiger partial charge in [-0.25, -0.2) is 9.78 Å². The molecule has 0 amide bonds. The average molecular weight is 628 g/mol. The Morgan fingerprint density at radius 2 is 1.80 bits per heavy atom. The molecule has 236 valence electrons. The summed E-state index contributed by atoms with van der Waals surface area (Å²) in [4.78, 5) is 35.8. The highest BCUT2D eigenvalue weighted by Crippen LogP contribution is 2.34. The lowest BCUT2D eigenvalue weighted by Crippen LogP contribution is -2.29. The first kappa shape index (κ1) is 32.2. The van der Waals surface area contributed by atoms with E-state index in [0.29, 0.717) is 28.9 Å². The summed E-state index contributed by atoms with van der Waals surface area (Å²) >= 11 is 0. The van der Waals surface area contributed by atoms with Crippen molar-refractivity contribution in [2.24, 2.45) is 0 Å². The molecule has 11 heteroatoms. The SMILES string of the molecule is Cc1ccc(Cn2c(-c3cccc(-c4ccc5cc(C(=O)OCCCN(C)C)[nH]c5c4)n3)cc(C(F)(F)F)c(C#N)c2=O)c(C)c1. The molecule has 46 heavy (non-hydrogen) atoms. The maximum atomic E-state index is 14.1. The van der Waals surface area contributed by atoms with Gasteiger partial charge in [0.2, 0.25) is 0 Å². The van der Waals surface area contributed by atoms with Crippen LogP contribution in [0.1, 0.15) is 44.7 Å². The molecule has 0 saturated carbocycles. The molecule has 8 nitrogen and oxygen atoms in total. The maximum absolute atomic E-state index is 14.1. The largest absolute Gasteiger partial charge is 0.461 e. The predicted octanol–water partition coefficient (Wildman–Crippen LogP) is 6.72. The number of hydrogen-bond acceptors (Lipinski definition) is 6. The van der Waals surface area contributed by atoms with Crippen LogP contribution in [0.5, 0.6) is 0 Å². The highest BCUT2D eigenvalue weighted by Gasteiger charge is 2.36. The summed E-state index contributed by atoms with van der Waals surface area (Å²) in [7, 11) is 3.88. The number of benzene rings is 2. The molecule has 0 aliphatic heterocycles. The number of nitrogens with zero attached hydrogens (tertiary/aromatic N) is 4. The molecule has 5 aromatic rings. The number of aromatic nitrogens is 3. The number of hydrogen-bond donors (Lipinski definition) is 1. The van der Waals surface area contributed by atoms with Crippen LogP contribution in [0, 0.1) is 25.2 Å². The molecule has 1 N–H and O–H groups in total. The van der Waals surface area contributed by atoms with E-state index in [-0.39, 0.29) is 24.5 Å². The van der Waals surface area contributed by atoms with Gasteiger partial charge in [0.25, 0.3) is 5.56 Å². The second kappa shape index (κ2) is 13.0. The molecule has 0 saturated heterocycles. The Bertz CT molecular complexity index is 2040. The molecule has 0 atom stereocenters. The predicted molar refractivity (Wildman–Crippen MR) is 169 cm³/mol. The van der Waals surface area contributed by atoms with Crippen molar-refractivity contribution in [1.82, 2.24) is 19.4 Å². The van der Waals surface area contributed by atoms with E-state index in [1.165, 1.54) is 16.7 Å². The Hall–Kier alpha value is -5.21. The lowest BCUT2D eigenvalue weighted by atomic mass is 10.0. The fraction of sp³-hybridized carbons (Fsp3) is 0.257. The van der Waals surface area contributed by atoms with E-state index in [1.54, 1.807) is 36.4 Å². The molecular formula is C35H32F3N5O3. The number of alkyl halides is 3. The number of aromatic amines is 1. The van der Waals surface area contributed by atoms with Crippen molar-refractivity contribution in [2.45, 2.75) is 33.0 Å². The average Bonchev–Trinajstić information content (AvgIpc) is 3.44. The summed E-state index contributed by atoms with van der Waals surface area (Å²) in [6.45, 7) is 4.79. The van der Waals surface area contributed by atoms with Crippen LogP contribution in [0.25, 0.3) is 33.5 Å². The second-order valence-corrected chi connectivity index (χ2v) is 11.4. The van der Waals surface area contributed by atoms with Gasteiger partial charge < -0.3 is 19.2 Å². The third kappa shape index (κ3) is 6.87. The molecule has 0 unspecified atom stereocenters. The van der Waals surface area contributed by atoms with E-state index in [4.69, 9.17) is 4.74 Å². The highest BCUT2D eigenvalue weighted by molar-refractivity contribution is 5.96. The number of nitriles is 1. The van der Waals surface area contributed by atoms with Crippen molar-refractivity contribution >= 4 is 16.9 Å². The van der Waals surface area contributed by atoms with Gasteiger partial charge >= 0.3 is 12.1 Å². The number of esters is 1. The zero-order valence-electron chi connectivity index (χ0n) is 25.8. The molecule has 2 aromatic carbocycles. The lowest BCUT2D eigenvalue weighted by molar-refractivity contribution is -0.137. The smallest absolute Gasteiger partial charge is 0.417 e. The highest BCUT2D eigenvalue weighted by atomic mass is 19.4. The quantitative estimate of drug-likeness (QED) is 0.144. The summed E-state index contributed by atoms with van der Waals surface area (Å²) in [5.41, 5.74) is 1.31. The number of rotatable bonds is 9. The van der Waals surface area contributed by atoms with Crippen molar-refractivity contribution in [3.8, 4) is 28.7 Å². The first-order chi connectivity index (χ1) is 21.8. The number of ether oxygens (including phenoxy) is 1. The Morgan fingerprint density at radius 3 is 2.50 bits per heavy atom. The standard InChI is InChI=1S/C35H32F3N5O3/c1-21-9-10-25(22(2)15-21)20-43-32(18-27(35(36,37)38)26(19-39)33(43)44)29-8-5-7-28(40-29)23-11-12-24-17-31(41-30(24)16-23)34(45)46-14-6-13-42(3)4/h5,7-12,15-18,41H,6,13-14,20H2,1-4H3. The van der Waals surface area contributed by atoms with E-state index in [9.17, 15) is 28.0 Å². The van der Waals surface area contributed by atoms with Crippen molar-refractivity contribution in [2.75, 3.05) is 27.2 Å². The molecule has 3 heterocycles. The van der Waals surface area contributed by atoms with Crippen molar-refractivity contribution < 1.29 is 22.7 Å². The summed E-state index contributed by atoms with van der Waals surface area (Å²) in [6, 6.07) is 19.8. The van der Waals surface area contributed by atoms with Crippen LogP contribution in [0.15, 0.2) is 71.5 Å². The van der Waals surface area contributed by atoms with E-state index in [2.05, 4.69) is 9.97 Å². The molecule has 0 spiro atoms. The summed E-state index contributed by atoms with van der Waals surface area (Å²) in [5.74, 6) is -0.473. The van der Waals surface area contributed by atoms with Crippen LogP contribution in [-0.2, 0) is 17.5 Å². The van der Waals surface area contributed by atoms with Crippen LogP contribution in [0.4, 0.5) is 13.2 Å². The Labute approximate surface area is 263 Å². The van der Waals surface area contributed by atoms with Crippen LogP contribution in [0.3, 0.4) is 0 Å². The van der Waals surface area contributed by atoms with Crippen molar-refractivity contribution in [3.63, 3.8) is 0 Å². The second-order valence-electron chi connectivity index (χ2n) is 11.4. The Kier molecular flexibility index (Phi) is 9.12. The number of aryl methyl sites for hydroxylation is 2. The van der Waals surface area contributed by atoms with Gasteiger partial charge in [-0.05, 0) is 75.8 Å². The zero-order valence-corrected chi connectivity index (χ0v) is 25.8. The number of carbonyl (C=O) groups excluding carboxylic acids is 1. The maximum Gasteiger partial charge on any atom is 0.417 e. The van der Waals surface area contributed by atoms with Gasteiger partial charge in [0, 0.05) is 23.0 Å². The van der Waals surface area contributed by atoms with E-state index >= 15 is 0 Å². The van der Waals surface area contributed by atoms with Crippen molar-refractivity contribution in [3.05, 3.63) is 111 Å². The van der Waals surface area contributed by atoms with Gasteiger partial charge in [-0.2, -0.15) is 18.4 Å². The van der Waals surface area contributed by atoms with Gasteiger partial charge in [-0.3, -0.25) is 4.79 Å². The summed E-state index contributed by atoms with van der Waals surface area (Å²) in [5, 5.41) is 10.4. The number of carbonyl (C=O) groups is 1. The van der Waals surface area contributed by atoms with Crippen LogP contribution < -0.4 is 5.56 Å².